The summed E-state index contributed by atoms with van der Waals surface area (Å²) in [6, 6.07) is 11.9. The third-order valence-corrected chi connectivity index (χ3v) is 7.74. The predicted octanol–water partition coefficient (Wildman–Crippen LogP) is 4.09. The zero-order chi connectivity index (χ0) is 21.0. The first-order valence-electron chi connectivity index (χ1n) is 9.48. The van der Waals surface area contributed by atoms with Crippen molar-refractivity contribution in [2.24, 2.45) is 5.92 Å². The van der Waals surface area contributed by atoms with Crippen LogP contribution >= 0.6 is 11.8 Å². The Bertz CT molecular complexity index is 984. The lowest BCUT2D eigenvalue weighted by molar-refractivity contribution is 0.102. The second-order valence-electron chi connectivity index (χ2n) is 7.13. The van der Waals surface area contributed by atoms with E-state index in [2.05, 4.69) is 12.2 Å². The van der Waals surface area contributed by atoms with Crippen LogP contribution in [-0.4, -0.2) is 45.1 Å². The molecule has 0 aliphatic carbocycles. The maximum atomic E-state index is 13.1. The molecule has 2 aromatic rings. The Morgan fingerprint density at radius 2 is 1.90 bits per heavy atom. The van der Waals surface area contributed by atoms with E-state index in [9.17, 15) is 13.2 Å². The van der Waals surface area contributed by atoms with Crippen LogP contribution < -0.4 is 10.1 Å². The van der Waals surface area contributed by atoms with Gasteiger partial charge in [-0.2, -0.15) is 4.31 Å². The monoisotopic (exact) mass is 434 g/mol. The number of methoxy groups -OCH3 is 1. The number of nitrogens with zero attached hydrogens (tertiary/aromatic N) is 1. The number of hydrogen-bond acceptors (Lipinski definition) is 5. The number of hydrogen-bond donors (Lipinski definition) is 1. The number of anilines is 1. The highest BCUT2D eigenvalue weighted by Crippen LogP contribution is 2.28. The molecule has 3 rings (SSSR count). The molecule has 8 heteroatoms. The molecule has 1 saturated heterocycles. The van der Waals surface area contributed by atoms with Crippen LogP contribution in [0.25, 0.3) is 0 Å². The minimum absolute atomic E-state index is 0.107. The molecule has 1 amide bonds. The molecule has 29 heavy (non-hydrogen) atoms. The summed E-state index contributed by atoms with van der Waals surface area (Å²) >= 11 is 1.57. The summed E-state index contributed by atoms with van der Waals surface area (Å²) < 4.78 is 32.9. The van der Waals surface area contributed by atoms with E-state index in [4.69, 9.17) is 4.74 Å². The van der Waals surface area contributed by atoms with Gasteiger partial charge >= 0.3 is 0 Å². The van der Waals surface area contributed by atoms with Gasteiger partial charge in [0.1, 0.15) is 5.75 Å². The Balaban J connectivity index is 1.89. The fourth-order valence-corrected chi connectivity index (χ4v) is 5.25. The first-order valence-corrected chi connectivity index (χ1v) is 12.1. The van der Waals surface area contributed by atoms with Crippen LogP contribution in [0.2, 0.25) is 0 Å². The number of benzene rings is 2. The molecular formula is C21H26N2O4S2. The van der Waals surface area contributed by atoms with E-state index in [0.717, 1.165) is 17.7 Å². The van der Waals surface area contributed by atoms with Gasteiger partial charge < -0.3 is 10.1 Å². The first-order chi connectivity index (χ1) is 13.8. The summed E-state index contributed by atoms with van der Waals surface area (Å²) in [7, 11) is -2.20. The summed E-state index contributed by atoms with van der Waals surface area (Å²) in [5, 5.41) is 2.83. The second-order valence-corrected chi connectivity index (χ2v) is 9.95. The average molecular weight is 435 g/mol. The van der Waals surface area contributed by atoms with Gasteiger partial charge in [-0.05, 0) is 61.4 Å². The van der Waals surface area contributed by atoms with Crippen LogP contribution in [0.15, 0.2) is 52.3 Å². The van der Waals surface area contributed by atoms with Gasteiger partial charge in [-0.15, -0.1) is 11.8 Å². The number of sulfonamides is 1. The maximum absolute atomic E-state index is 13.1. The van der Waals surface area contributed by atoms with Crippen molar-refractivity contribution in [2.75, 3.05) is 31.8 Å². The lowest BCUT2D eigenvalue weighted by Crippen LogP contribution is -2.37. The Hall–Kier alpha value is -2.03. The predicted molar refractivity (Wildman–Crippen MR) is 116 cm³/mol. The molecule has 156 valence electrons. The Morgan fingerprint density at radius 1 is 1.17 bits per heavy atom. The number of carbonyl (C=O) groups is 1. The van der Waals surface area contributed by atoms with Crippen LogP contribution in [0.5, 0.6) is 5.75 Å². The lowest BCUT2D eigenvalue weighted by Gasteiger charge is -2.29. The second kappa shape index (κ2) is 9.19. The maximum Gasteiger partial charge on any atom is 0.259 e. The third kappa shape index (κ3) is 4.94. The number of piperidine rings is 1. The largest absolute Gasteiger partial charge is 0.496 e. The molecule has 0 unspecified atom stereocenters. The molecule has 1 fully saturated rings. The molecule has 0 bridgehead atoms. The topological polar surface area (TPSA) is 75.7 Å². The zero-order valence-electron chi connectivity index (χ0n) is 16.8. The average Bonchev–Trinajstić information content (AvgIpc) is 2.73. The van der Waals surface area contributed by atoms with Crippen molar-refractivity contribution in [3.8, 4) is 5.75 Å². The van der Waals surface area contributed by atoms with Gasteiger partial charge in [-0.1, -0.05) is 13.0 Å². The molecule has 1 N–H and O–H groups in total. The zero-order valence-corrected chi connectivity index (χ0v) is 18.5. The number of rotatable bonds is 6. The van der Waals surface area contributed by atoms with Crippen LogP contribution in [0, 0.1) is 5.92 Å². The van der Waals surface area contributed by atoms with E-state index in [1.165, 1.54) is 29.6 Å². The highest BCUT2D eigenvalue weighted by atomic mass is 32.2. The van der Waals surface area contributed by atoms with Crippen LogP contribution in [0.3, 0.4) is 0 Å². The van der Waals surface area contributed by atoms with E-state index in [-0.39, 0.29) is 10.5 Å². The molecule has 1 heterocycles. The van der Waals surface area contributed by atoms with E-state index in [1.54, 1.807) is 17.8 Å². The number of nitrogens with one attached hydrogen (secondary N) is 1. The van der Waals surface area contributed by atoms with Gasteiger partial charge in [0.25, 0.3) is 5.91 Å². The molecule has 0 radical (unpaired) electrons. The Morgan fingerprint density at radius 3 is 2.55 bits per heavy atom. The Kier molecular flexibility index (Phi) is 6.87. The normalized spacial score (nSPS) is 15.8. The molecule has 0 saturated carbocycles. The number of ether oxygens (including phenoxy) is 1. The van der Waals surface area contributed by atoms with Crippen molar-refractivity contribution in [3.05, 3.63) is 48.0 Å². The van der Waals surface area contributed by atoms with Gasteiger partial charge in [0.2, 0.25) is 10.0 Å². The highest BCUT2D eigenvalue weighted by molar-refractivity contribution is 7.98. The summed E-state index contributed by atoms with van der Waals surface area (Å²) in [5.74, 6) is 0.440. The number of amides is 1. The lowest BCUT2D eigenvalue weighted by atomic mass is 10.0. The van der Waals surface area contributed by atoms with Crippen LogP contribution in [-0.2, 0) is 10.0 Å². The fraction of sp³-hybridized carbons (Fsp3) is 0.381. The number of thioether (sulfide) groups is 1. The van der Waals surface area contributed by atoms with E-state index >= 15 is 0 Å². The van der Waals surface area contributed by atoms with Crippen molar-refractivity contribution in [1.29, 1.82) is 0 Å². The van der Waals surface area contributed by atoms with Crippen LogP contribution in [0.4, 0.5) is 5.69 Å². The SMILES string of the molecule is COc1ccc(S(=O)(=O)N2CCC(C)CC2)cc1C(=O)Nc1cccc(SC)c1. The smallest absolute Gasteiger partial charge is 0.259 e. The minimum Gasteiger partial charge on any atom is -0.496 e. The molecule has 1 aliphatic heterocycles. The highest BCUT2D eigenvalue weighted by Gasteiger charge is 2.29. The third-order valence-electron chi connectivity index (χ3n) is 5.12. The molecule has 2 aromatic carbocycles. The number of carbonyl (C=O) groups excluding carboxylic acids is 1. The minimum atomic E-state index is -3.66. The van der Waals surface area contributed by atoms with Gasteiger partial charge in [0.05, 0.1) is 17.6 Å². The molecule has 0 aromatic heterocycles. The van der Waals surface area contributed by atoms with Crippen molar-refractivity contribution >= 4 is 33.4 Å². The Labute approximate surface area is 176 Å². The van der Waals surface area contributed by atoms with E-state index in [0.29, 0.717) is 30.4 Å². The molecule has 6 nitrogen and oxygen atoms in total. The summed E-state index contributed by atoms with van der Waals surface area (Å²) in [6.07, 6.45) is 3.64. The van der Waals surface area contributed by atoms with Gasteiger partial charge in [0.15, 0.2) is 0 Å². The summed E-state index contributed by atoms with van der Waals surface area (Å²) in [5.41, 5.74) is 0.829. The van der Waals surface area contributed by atoms with Crippen molar-refractivity contribution in [3.63, 3.8) is 0 Å². The van der Waals surface area contributed by atoms with Gasteiger partial charge in [-0.3, -0.25) is 4.79 Å². The molecule has 1 aliphatic rings. The summed E-state index contributed by atoms with van der Waals surface area (Å²) in [6.45, 7) is 3.13. The van der Waals surface area contributed by atoms with Crippen molar-refractivity contribution in [2.45, 2.75) is 29.6 Å². The van der Waals surface area contributed by atoms with Crippen molar-refractivity contribution in [1.82, 2.24) is 4.31 Å². The molecule has 0 spiro atoms. The van der Waals surface area contributed by atoms with E-state index < -0.39 is 15.9 Å². The summed E-state index contributed by atoms with van der Waals surface area (Å²) in [4.78, 5) is 14.0. The van der Waals surface area contributed by atoms with Gasteiger partial charge in [-0.25, -0.2) is 8.42 Å². The standard InChI is InChI=1S/C21H26N2O4S2/c1-15-9-11-23(12-10-15)29(25,26)18-7-8-20(27-2)19(14-18)21(24)22-16-5-4-6-17(13-16)28-3/h4-8,13-15H,9-12H2,1-3H3,(H,22,24). The fourth-order valence-electron chi connectivity index (χ4n) is 3.30. The van der Waals surface area contributed by atoms with Crippen molar-refractivity contribution < 1.29 is 17.9 Å². The molecule has 0 atom stereocenters. The molecular weight excluding hydrogens is 408 g/mol. The van der Waals surface area contributed by atoms with Crippen LogP contribution in [0.1, 0.15) is 30.1 Å². The van der Waals surface area contributed by atoms with E-state index in [1.807, 2.05) is 24.5 Å². The van der Waals surface area contributed by atoms with Gasteiger partial charge in [0, 0.05) is 23.7 Å². The first kappa shape index (κ1) is 21.7. The quantitative estimate of drug-likeness (QED) is 0.693.